The van der Waals surface area contributed by atoms with Crippen LogP contribution < -0.4 is 5.56 Å². The fourth-order valence-corrected chi connectivity index (χ4v) is 3.44. The van der Waals surface area contributed by atoms with E-state index in [1.807, 2.05) is 19.1 Å². The standard InChI is InChI=1S/C19H22N6O2/c1-14-22-18(27-23-14)12-24-8-4-15(5-9-24)11-25-13-21-17(10-19(25)26)16-2-6-20-7-3-16/h2-3,6-7,10,13,15H,4-5,8-9,11-12H2,1H3. The minimum absolute atomic E-state index is 0.0134. The third-order valence-electron chi connectivity index (χ3n) is 4.95. The minimum Gasteiger partial charge on any atom is -0.338 e. The molecule has 3 aromatic rings. The summed E-state index contributed by atoms with van der Waals surface area (Å²) in [6.45, 7) is 5.14. The van der Waals surface area contributed by atoms with Gasteiger partial charge < -0.3 is 4.52 Å². The van der Waals surface area contributed by atoms with Crippen LogP contribution in [0.1, 0.15) is 24.6 Å². The normalized spacial score (nSPS) is 15.9. The highest BCUT2D eigenvalue weighted by atomic mass is 16.5. The molecule has 0 atom stereocenters. The number of pyridine rings is 1. The van der Waals surface area contributed by atoms with Gasteiger partial charge in [-0.05, 0) is 50.9 Å². The molecule has 0 unspecified atom stereocenters. The molecular weight excluding hydrogens is 344 g/mol. The zero-order valence-electron chi connectivity index (χ0n) is 15.3. The van der Waals surface area contributed by atoms with Gasteiger partial charge in [-0.25, -0.2) is 4.98 Å². The van der Waals surface area contributed by atoms with Crippen LogP contribution in [0.15, 0.2) is 46.2 Å². The van der Waals surface area contributed by atoms with Crippen LogP contribution in [0.5, 0.6) is 0 Å². The predicted octanol–water partition coefficient (Wildman–Crippen LogP) is 1.91. The molecule has 8 heteroatoms. The summed E-state index contributed by atoms with van der Waals surface area (Å²) in [5.74, 6) is 1.80. The summed E-state index contributed by atoms with van der Waals surface area (Å²) in [7, 11) is 0. The summed E-state index contributed by atoms with van der Waals surface area (Å²) < 4.78 is 6.91. The fraction of sp³-hybridized carbons (Fsp3) is 0.421. The maximum absolute atomic E-state index is 12.5. The van der Waals surface area contributed by atoms with Crippen molar-refractivity contribution in [1.82, 2.24) is 29.6 Å². The molecule has 0 radical (unpaired) electrons. The first kappa shape index (κ1) is 17.5. The van der Waals surface area contributed by atoms with E-state index in [1.54, 1.807) is 29.4 Å². The quantitative estimate of drug-likeness (QED) is 0.681. The first-order valence-electron chi connectivity index (χ1n) is 9.16. The van der Waals surface area contributed by atoms with Gasteiger partial charge in [0.25, 0.3) is 5.56 Å². The van der Waals surface area contributed by atoms with Crippen molar-refractivity contribution in [2.45, 2.75) is 32.9 Å². The van der Waals surface area contributed by atoms with E-state index >= 15 is 0 Å². The van der Waals surface area contributed by atoms with Gasteiger partial charge in [0, 0.05) is 30.6 Å². The van der Waals surface area contributed by atoms with Crippen molar-refractivity contribution in [2.75, 3.05) is 13.1 Å². The Hall–Kier alpha value is -2.87. The summed E-state index contributed by atoms with van der Waals surface area (Å²) in [5.41, 5.74) is 1.57. The Morgan fingerprint density at radius 3 is 2.67 bits per heavy atom. The molecule has 1 aliphatic rings. The fourth-order valence-electron chi connectivity index (χ4n) is 3.44. The van der Waals surface area contributed by atoms with Gasteiger partial charge in [-0.15, -0.1) is 0 Å². The van der Waals surface area contributed by atoms with Gasteiger partial charge in [0.05, 0.1) is 18.6 Å². The van der Waals surface area contributed by atoms with Crippen molar-refractivity contribution in [3.63, 3.8) is 0 Å². The molecule has 1 saturated heterocycles. The van der Waals surface area contributed by atoms with E-state index in [0.29, 0.717) is 36.4 Å². The highest BCUT2D eigenvalue weighted by Gasteiger charge is 2.21. The second-order valence-electron chi connectivity index (χ2n) is 6.96. The largest absolute Gasteiger partial charge is 0.338 e. The number of likely N-dealkylation sites (tertiary alicyclic amines) is 1. The van der Waals surface area contributed by atoms with Crippen LogP contribution in [0, 0.1) is 12.8 Å². The minimum atomic E-state index is -0.0134. The number of rotatable bonds is 5. The Bertz CT molecular complexity index is 944. The molecule has 27 heavy (non-hydrogen) atoms. The Morgan fingerprint density at radius 2 is 2.00 bits per heavy atom. The molecule has 4 heterocycles. The van der Waals surface area contributed by atoms with E-state index in [9.17, 15) is 4.79 Å². The van der Waals surface area contributed by atoms with Crippen molar-refractivity contribution >= 4 is 0 Å². The zero-order valence-corrected chi connectivity index (χ0v) is 15.3. The second kappa shape index (κ2) is 7.79. The first-order chi connectivity index (χ1) is 13.2. The van der Waals surface area contributed by atoms with Crippen LogP contribution in [-0.4, -0.2) is 42.7 Å². The summed E-state index contributed by atoms with van der Waals surface area (Å²) in [6.07, 6.45) is 7.13. The highest BCUT2D eigenvalue weighted by molar-refractivity contribution is 5.57. The molecule has 3 aromatic heterocycles. The van der Waals surface area contributed by atoms with E-state index in [2.05, 4.69) is 25.0 Å². The highest BCUT2D eigenvalue weighted by Crippen LogP contribution is 2.20. The summed E-state index contributed by atoms with van der Waals surface area (Å²) in [6, 6.07) is 5.31. The SMILES string of the molecule is Cc1noc(CN2CCC(Cn3cnc(-c4ccncc4)cc3=O)CC2)n1. The van der Waals surface area contributed by atoms with Crippen LogP contribution in [-0.2, 0) is 13.1 Å². The summed E-state index contributed by atoms with van der Waals surface area (Å²) in [5, 5.41) is 3.83. The molecule has 8 nitrogen and oxygen atoms in total. The van der Waals surface area contributed by atoms with E-state index in [1.165, 1.54) is 0 Å². The third kappa shape index (κ3) is 4.28. The van der Waals surface area contributed by atoms with Gasteiger partial charge >= 0.3 is 0 Å². The van der Waals surface area contributed by atoms with E-state index in [-0.39, 0.29) is 5.56 Å². The first-order valence-corrected chi connectivity index (χ1v) is 9.16. The van der Waals surface area contributed by atoms with E-state index < -0.39 is 0 Å². The molecule has 0 bridgehead atoms. The molecule has 0 aliphatic carbocycles. The Kier molecular flexibility index (Phi) is 5.06. The Balaban J connectivity index is 1.34. The second-order valence-corrected chi connectivity index (χ2v) is 6.96. The topological polar surface area (TPSA) is 89.9 Å². The van der Waals surface area contributed by atoms with Crippen molar-refractivity contribution < 1.29 is 4.52 Å². The van der Waals surface area contributed by atoms with Crippen LogP contribution in [0.3, 0.4) is 0 Å². The number of hydrogen-bond acceptors (Lipinski definition) is 7. The maximum Gasteiger partial charge on any atom is 0.253 e. The molecule has 0 aromatic carbocycles. The van der Waals surface area contributed by atoms with Crippen molar-refractivity contribution in [1.29, 1.82) is 0 Å². The van der Waals surface area contributed by atoms with E-state index in [4.69, 9.17) is 4.52 Å². The van der Waals surface area contributed by atoms with Crippen LogP contribution in [0.2, 0.25) is 0 Å². The molecular formula is C19H22N6O2. The Labute approximate surface area is 156 Å². The molecule has 0 saturated carbocycles. The number of aromatic nitrogens is 5. The Morgan fingerprint density at radius 1 is 1.22 bits per heavy atom. The van der Waals surface area contributed by atoms with Gasteiger partial charge in [-0.1, -0.05) is 5.16 Å². The number of piperidine rings is 1. The lowest BCUT2D eigenvalue weighted by Crippen LogP contribution is -2.36. The monoisotopic (exact) mass is 366 g/mol. The lowest BCUT2D eigenvalue weighted by atomic mass is 9.96. The predicted molar refractivity (Wildman–Crippen MR) is 98.8 cm³/mol. The van der Waals surface area contributed by atoms with Gasteiger partial charge in [-0.3, -0.25) is 19.2 Å². The average molecular weight is 366 g/mol. The molecule has 1 fully saturated rings. The number of nitrogens with zero attached hydrogens (tertiary/aromatic N) is 6. The smallest absolute Gasteiger partial charge is 0.253 e. The number of aryl methyl sites for hydroxylation is 1. The molecule has 0 N–H and O–H groups in total. The zero-order chi connectivity index (χ0) is 18.6. The van der Waals surface area contributed by atoms with Crippen LogP contribution in [0.25, 0.3) is 11.3 Å². The lowest BCUT2D eigenvalue weighted by Gasteiger charge is -2.31. The van der Waals surface area contributed by atoms with Crippen molar-refractivity contribution in [3.8, 4) is 11.3 Å². The van der Waals surface area contributed by atoms with Crippen molar-refractivity contribution in [2.24, 2.45) is 5.92 Å². The lowest BCUT2D eigenvalue weighted by molar-refractivity contribution is 0.150. The molecule has 0 spiro atoms. The molecule has 1 aliphatic heterocycles. The van der Waals surface area contributed by atoms with Crippen molar-refractivity contribution in [3.05, 3.63) is 59.0 Å². The molecule has 4 rings (SSSR count). The maximum atomic E-state index is 12.5. The van der Waals surface area contributed by atoms with Gasteiger partial charge in [-0.2, -0.15) is 4.98 Å². The van der Waals surface area contributed by atoms with Gasteiger partial charge in [0.2, 0.25) is 5.89 Å². The van der Waals surface area contributed by atoms with Crippen LogP contribution in [0.4, 0.5) is 0 Å². The number of hydrogen-bond donors (Lipinski definition) is 0. The molecule has 140 valence electrons. The average Bonchev–Trinajstić information content (AvgIpc) is 3.10. The molecule has 0 amide bonds. The van der Waals surface area contributed by atoms with E-state index in [0.717, 1.165) is 31.5 Å². The van der Waals surface area contributed by atoms with Gasteiger partial charge in [0.1, 0.15) is 0 Å². The van der Waals surface area contributed by atoms with Gasteiger partial charge in [0.15, 0.2) is 5.82 Å². The summed E-state index contributed by atoms with van der Waals surface area (Å²) in [4.78, 5) is 27.5. The summed E-state index contributed by atoms with van der Waals surface area (Å²) >= 11 is 0. The van der Waals surface area contributed by atoms with Crippen LogP contribution >= 0.6 is 0 Å². The third-order valence-corrected chi connectivity index (χ3v) is 4.95.